The molecule has 0 aliphatic heterocycles. The van der Waals surface area contributed by atoms with E-state index in [2.05, 4.69) is 4.98 Å². The predicted molar refractivity (Wildman–Crippen MR) is 82.9 cm³/mol. The van der Waals surface area contributed by atoms with Gasteiger partial charge in [-0.25, -0.2) is 13.2 Å². The highest BCUT2D eigenvalue weighted by atomic mass is 32.2. The number of H-pyrrole nitrogens is 1. The molecule has 0 aliphatic rings. The number of hydrogen-bond donors (Lipinski definition) is 1. The van der Waals surface area contributed by atoms with Crippen LogP contribution in [0.25, 0.3) is 11.0 Å². The largest absolute Gasteiger partial charge is 0.497 e. The highest BCUT2D eigenvalue weighted by Gasteiger charge is 2.22. The molecule has 23 heavy (non-hydrogen) atoms. The number of rotatable bonds is 3. The first-order valence-corrected chi connectivity index (χ1v) is 7.96. The first-order chi connectivity index (χ1) is 11.0. The van der Waals surface area contributed by atoms with Crippen molar-refractivity contribution in [1.29, 1.82) is 5.26 Å². The Hall–Kier alpha value is -3.05. The van der Waals surface area contributed by atoms with E-state index in [0.717, 1.165) is 0 Å². The van der Waals surface area contributed by atoms with Crippen molar-refractivity contribution in [3.8, 4) is 11.8 Å². The summed E-state index contributed by atoms with van der Waals surface area (Å²) in [5.74, 6) is 0.502. The average Bonchev–Trinajstić information content (AvgIpc) is 2.90. The second kappa shape index (κ2) is 5.30. The van der Waals surface area contributed by atoms with Gasteiger partial charge in [-0.3, -0.25) is 0 Å². The van der Waals surface area contributed by atoms with Crippen LogP contribution in [0.2, 0.25) is 0 Å². The molecule has 8 heteroatoms. The molecular weight excluding hydrogens is 318 g/mol. The van der Waals surface area contributed by atoms with Crippen molar-refractivity contribution in [3.05, 3.63) is 58.5 Å². The summed E-state index contributed by atoms with van der Waals surface area (Å²) in [7, 11) is -2.63. The Kier molecular flexibility index (Phi) is 3.42. The zero-order valence-electron chi connectivity index (χ0n) is 12.0. The monoisotopic (exact) mass is 329 g/mol. The molecule has 1 heterocycles. The number of imidazole rings is 1. The summed E-state index contributed by atoms with van der Waals surface area (Å²) in [6.45, 7) is 0. The molecule has 0 unspecified atom stereocenters. The van der Waals surface area contributed by atoms with Gasteiger partial charge in [-0.2, -0.15) is 9.23 Å². The minimum Gasteiger partial charge on any atom is -0.497 e. The Labute approximate surface area is 131 Å². The second-order valence-corrected chi connectivity index (χ2v) is 6.51. The number of nitrogens with zero attached hydrogens (tertiary/aromatic N) is 2. The van der Waals surface area contributed by atoms with E-state index >= 15 is 0 Å². The summed E-state index contributed by atoms with van der Waals surface area (Å²) in [6, 6.07) is 12.0. The maximum absolute atomic E-state index is 12.7. The van der Waals surface area contributed by atoms with Crippen LogP contribution < -0.4 is 10.4 Å². The number of nitriles is 1. The smallest absolute Gasteiger partial charge is 0.340 e. The van der Waals surface area contributed by atoms with Gasteiger partial charge in [-0.15, -0.1) is 0 Å². The van der Waals surface area contributed by atoms with E-state index in [1.165, 1.54) is 49.6 Å². The van der Waals surface area contributed by atoms with Crippen molar-refractivity contribution < 1.29 is 13.2 Å². The molecule has 0 aliphatic carbocycles. The molecule has 0 bridgehead atoms. The summed E-state index contributed by atoms with van der Waals surface area (Å²) >= 11 is 0. The fourth-order valence-corrected chi connectivity index (χ4v) is 3.61. The number of fused-ring (bicyclic) bond motifs is 1. The van der Waals surface area contributed by atoms with Crippen LogP contribution >= 0.6 is 0 Å². The lowest BCUT2D eigenvalue weighted by atomic mass is 10.2. The Bertz CT molecular complexity index is 1090. The van der Waals surface area contributed by atoms with Crippen molar-refractivity contribution in [2.24, 2.45) is 0 Å². The molecule has 1 N–H and O–H groups in total. The lowest BCUT2D eigenvalue weighted by molar-refractivity contribution is 0.414. The van der Waals surface area contributed by atoms with Crippen LogP contribution in [0.3, 0.4) is 0 Å². The van der Waals surface area contributed by atoms with Crippen molar-refractivity contribution in [1.82, 2.24) is 8.96 Å². The second-order valence-electron chi connectivity index (χ2n) is 4.72. The molecule has 3 aromatic rings. The maximum Gasteiger partial charge on any atom is 0.340 e. The summed E-state index contributed by atoms with van der Waals surface area (Å²) < 4.78 is 31.1. The zero-order chi connectivity index (χ0) is 16.6. The van der Waals surface area contributed by atoms with Gasteiger partial charge in [0.15, 0.2) is 0 Å². The molecule has 0 radical (unpaired) electrons. The molecule has 0 saturated carbocycles. The normalized spacial score (nSPS) is 11.3. The van der Waals surface area contributed by atoms with Gasteiger partial charge in [0.1, 0.15) is 5.75 Å². The van der Waals surface area contributed by atoms with Crippen LogP contribution in [0, 0.1) is 11.3 Å². The maximum atomic E-state index is 12.7. The minimum atomic E-state index is -4.09. The van der Waals surface area contributed by atoms with Crippen LogP contribution in [0.4, 0.5) is 0 Å². The zero-order valence-corrected chi connectivity index (χ0v) is 12.8. The highest BCUT2D eigenvalue weighted by Crippen LogP contribution is 2.21. The molecule has 116 valence electrons. The topological polar surface area (TPSA) is 105 Å². The van der Waals surface area contributed by atoms with Gasteiger partial charge in [0, 0.05) is 0 Å². The Morgan fingerprint density at radius 1 is 1.17 bits per heavy atom. The van der Waals surface area contributed by atoms with Gasteiger partial charge in [0.25, 0.3) is 10.0 Å². The molecule has 7 nitrogen and oxygen atoms in total. The molecule has 0 spiro atoms. The molecule has 1 aromatic heterocycles. The van der Waals surface area contributed by atoms with E-state index in [1.54, 1.807) is 0 Å². The third-order valence-corrected chi connectivity index (χ3v) is 5.08. The molecule has 0 fully saturated rings. The number of nitrogens with one attached hydrogen (secondary N) is 1. The fourth-order valence-electron chi connectivity index (χ4n) is 2.24. The van der Waals surface area contributed by atoms with E-state index in [-0.39, 0.29) is 16.0 Å². The van der Waals surface area contributed by atoms with Crippen LogP contribution in [0.5, 0.6) is 5.75 Å². The quantitative estimate of drug-likeness (QED) is 0.783. The molecule has 2 aromatic carbocycles. The van der Waals surface area contributed by atoms with Crippen LogP contribution in [-0.2, 0) is 10.0 Å². The summed E-state index contributed by atoms with van der Waals surface area (Å²) in [6.07, 6.45) is 0. The van der Waals surface area contributed by atoms with E-state index in [4.69, 9.17) is 10.00 Å². The van der Waals surface area contributed by atoms with Crippen molar-refractivity contribution in [2.75, 3.05) is 7.11 Å². The number of aromatic amines is 1. The number of aromatic nitrogens is 2. The van der Waals surface area contributed by atoms with E-state index in [0.29, 0.717) is 15.2 Å². The summed E-state index contributed by atoms with van der Waals surface area (Å²) in [5.41, 5.74) is -0.0583. The van der Waals surface area contributed by atoms with Gasteiger partial charge in [0.2, 0.25) is 0 Å². The number of benzene rings is 2. The minimum absolute atomic E-state index is 0.0522. The van der Waals surface area contributed by atoms with Gasteiger partial charge in [-0.05, 0) is 42.5 Å². The van der Waals surface area contributed by atoms with Crippen molar-refractivity contribution >= 4 is 21.1 Å². The SMILES string of the molecule is COc1ccc(S(=O)(=O)n2c(=O)[nH]c3ccc(C#N)cc32)cc1. The third kappa shape index (κ3) is 2.37. The van der Waals surface area contributed by atoms with E-state index in [9.17, 15) is 13.2 Å². The average molecular weight is 329 g/mol. The number of ether oxygens (including phenoxy) is 1. The summed E-state index contributed by atoms with van der Waals surface area (Å²) in [5, 5.41) is 8.96. The lowest BCUT2D eigenvalue weighted by Gasteiger charge is -2.07. The highest BCUT2D eigenvalue weighted by molar-refractivity contribution is 7.90. The molecule has 0 atom stereocenters. The first kappa shape index (κ1) is 14.9. The van der Waals surface area contributed by atoms with Gasteiger partial charge < -0.3 is 9.72 Å². The van der Waals surface area contributed by atoms with Crippen LogP contribution in [0.1, 0.15) is 5.56 Å². The first-order valence-electron chi connectivity index (χ1n) is 6.52. The fraction of sp³-hybridized carbons (Fsp3) is 0.0667. The molecule has 0 amide bonds. The Morgan fingerprint density at radius 2 is 1.87 bits per heavy atom. The van der Waals surface area contributed by atoms with Crippen LogP contribution in [0.15, 0.2) is 52.2 Å². The van der Waals surface area contributed by atoms with Crippen molar-refractivity contribution in [3.63, 3.8) is 0 Å². The Morgan fingerprint density at radius 3 is 2.48 bits per heavy atom. The standard InChI is InChI=1S/C15H11N3O4S/c1-22-11-3-5-12(6-4-11)23(20,21)18-14-8-10(9-16)2-7-13(14)17-15(18)19/h2-8H,1H3,(H,17,19). The number of methoxy groups -OCH3 is 1. The van der Waals surface area contributed by atoms with Crippen LogP contribution in [-0.4, -0.2) is 24.5 Å². The Balaban J connectivity index is 2.27. The predicted octanol–water partition coefficient (Wildman–Crippen LogP) is 1.45. The van der Waals surface area contributed by atoms with Crippen molar-refractivity contribution in [2.45, 2.75) is 4.90 Å². The number of hydrogen-bond acceptors (Lipinski definition) is 5. The van der Waals surface area contributed by atoms with E-state index < -0.39 is 15.7 Å². The lowest BCUT2D eigenvalue weighted by Crippen LogP contribution is -2.25. The third-order valence-electron chi connectivity index (χ3n) is 3.37. The molecule has 0 saturated heterocycles. The molecular formula is C15H11N3O4S. The van der Waals surface area contributed by atoms with Gasteiger partial charge >= 0.3 is 5.69 Å². The van der Waals surface area contributed by atoms with Gasteiger partial charge in [0.05, 0.1) is 34.7 Å². The van der Waals surface area contributed by atoms with E-state index in [1.807, 2.05) is 6.07 Å². The molecule has 3 rings (SSSR count). The summed E-state index contributed by atoms with van der Waals surface area (Å²) in [4.78, 5) is 14.5. The van der Waals surface area contributed by atoms with Gasteiger partial charge in [-0.1, -0.05) is 0 Å².